The maximum atomic E-state index is 12.6. The van der Waals surface area contributed by atoms with E-state index in [1.807, 2.05) is 6.07 Å². The summed E-state index contributed by atoms with van der Waals surface area (Å²) < 4.78 is 27.5. The molecule has 9 nitrogen and oxygen atoms in total. The normalized spacial score (nSPS) is 24.7. The maximum Gasteiger partial charge on any atom is 0.308 e. The fourth-order valence-electron chi connectivity index (χ4n) is 4.80. The summed E-state index contributed by atoms with van der Waals surface area (Å²) in [7, 11) is 4.52. The van der Waals surface area contributed by atoms with Crippen LogP contribution in [0.2, 0.25) is 0 Å². The van der Waals surface area contributed by atoms with Crippen LogP contribution < -0.4 is 23.7 Å². The first-order valence-electron chi connectivity index (χ1n) is 9.83. The number of halogens is 1. The number of benzene rings is 2. The molecular formula is C22H20ClNO8. The van der Waals surface area contributed by atoms with Gasteiger partial charge >= 0.3 is 5.97 Å². The number of aliphatic carboxylic acids is 1. The van der Waals surface area contributed by atoms with Crippen molar-refractivity contribution in [1.29, 1.82) is 0 Å². The van der Waals surface area contributed by atoms with E-state index in [0.29, 0.717) is 34.3 Å². The lowest BCUT2D eigenvalue weighted by Crippen LogP contribution is -2.39. The third kappa shape index (κ3) is 2.91. The number of oxime groups is 1. The molecule has 2 heterocycles. The first kappa shape index (κ1) is 20.6. The SMILES string of the molecule is COc1cc([C@@H]2c3cc4c(cc3[C@H]3ON=C(Cl)[C@H]3[C@@H]2C(=O)O)OCO4)cc(OC)c1OC. The molecule has 0 amide bonds. The summed E-state index contributed by atoms with van der Waals surface area (Å²) in [5.41, 5.74) is 2.12. The van der Waals surface area contributed by atoms with Crippen molar-refractivity contribution in [2.45, 2.75) is 12.0 Å². The molecule has 10 heteroatoms. The van der Waals surface area contributed by atoms with Crippen molar-refractivity contribution in [2.75, 3.05) is 28.1 Å². The van der Waals surface area contributed by atoms with Gasteiger partial charge in [0.25, 0.3) is 0 Å². The van der Waals surface area contributed by atoms with Crippen molar-refractivity contribution in [3.05, 3.63) is 41.0 Å². The molecule has 3 aliphatic rings. The molecule has 2 aliphatic heterocycles. The van der Waals surface area contributed by atoms with Gasteiger partial charge in [0.1, 0.15) is 0 Å². The van der Waals surface area contributed by atoms with E-state index in [1.54, 1.807) is 18.2 Å². The lowest BCUT2D eigenvalue weighted by Gasteiger charge is -2.38. The monoisotopic (exact) mass is 461 g/mol. The molecule has 2 aromatic rings. The van der Waals surface area contributed by atoms with Crippen LogP contribution in [0.5, 0.6) is 28.7 Å². The third-order valence-corrected chi connectivity index (χ3v) is 6.47. The standard InChI is InChI=1S/C22H20ClNO8/c1-27-14-4-9(5-15(28-2)20(14)29-3)16-10-6-12-13(31-8-30-12)7-11(10)19-18(17(16)22(25)26)21(23)24-32-19/h4-7,16-19H,8H2,1-3H3,(H,25,26)/t16-,17-,18+,19-/m1/s1. The predicted octanol–water partition coefficient (Wildman–Crippen LogP) is 3.53. The minimum atomic E-state index is -1.03. The Morgan fingerprint density at radius 1 is 1.03 bits per heavy atom. The molecule has 1 N–H and O–H groups in total. The predicted molar refractivity (Wildman–Crippen MR) is 112 cm³/mol. The fourth-order valence-corrected chi connectivity index (χ4v) is 5.09. The zero-order valence-electron chi connectivity index (χ0n) is 17.5. The summed E-state index contributed by atoms with van der Waals surface area (Å²) in [6, 6.07) is 7.10. The second kappa shape index (κ2) is 7.67. The molecule has 0 spiro atoms. The summed E-state index contributed by atoms with van der Waals surface area (Å²) in [5.74, 6) is -0.955. The molecule has 0 radical (unpaired) electrons. The van der Waals surface area contributed by atoms with E-state index in [0.717, 1.165) is 11.1 Å². The fraction of sp³-hybridized carbons (Fsp3) is 0.364. The summed E-state index contributed by atoms with van der Waals surface area (Å²) >= 11 is 6.36. The summed E-state index contributed by atoms with van der Waals surface area (Å²) in [4.78, 5) is 18.2. The van der Waals surface area contributed by atoms with Crippen molar-refractivity contribution in [1.82, 2.24) is 0 Å². The minimum Gasteiger partial charge on any atom is -0.493 e. The molecule has 0 bridgehead atoms. The van der Waals surface area contributed by atoms with Gasteiger partial charge in [-0.25, -0.2) is 0 Å². The van der Waals surface area contributed by atoms with Gasteiger partial charge in [-0.05, 0) is 35.4 Å². The zero-order valence-corrected chi connectivity index (χ0v) is 18.2. The van der Waals surface area contributed by atoms with Crippen molar-refractivity contribution >= 4 is 22.7 Å². The van der Waals surface area contributed by atoms with Crippen LogP contribution in [0.25, 0.3) is 0 Å². The van der Waals surface area contributed by atoms with E-state index in [9.17, 15) is 9.90 Å². The lowest BCUT2D eigenvalue weighted by molar-refractivity contribution is -0.145. The Balaban J connectivity index is 1.77. The molecule has 4 atom stereocenters. The number of fused-ring (bicyclic) bond motifs is 4. The van der Waals surface area contributed by atoms with Crippen LogP contribution in [0.1, 0.15) is 28.7 Å². The highest BCUT2D eigenvalue weighted by atomic mass is 35.5. The Kier molecular flexibility index (Phi) is 4.93. The molecule has 0 unspecified atom stereocenters. The molecular weight excluding hydrogens is 442 g/mol. The number of rotatable bonds is 5. The Morgan fingerprint density at radius 2 is 1.66 bits per heavy atom. The van der Waals surface area contributed by atoms with Gasteiger partial charge in [-0.3, -0.25) is 4.79 Å². The van der Waals surface area contributed by atoms with Crippen LogP contribution in [0.4, 0.5) is 0 Å². The third-order valence-electron chi connectivity index (χ3n) is 6.15. The van der Waals surface area contributed by atoms with Crippen LogP contribution >= 0.6 is 11.6 Å². The Labute approximate surface area is 188 Å². The summed E-state index contributed by atoms with van der Waals surface area (Å²) in [5, 5.41) is 14.3. The molecule has 1 aliphatic carbocycles. The average Bonchev–Trinajstić information content (AvgIpc) is 3.41. The number of carboxylic acid groups (broad SMARTS) is 1. The first-order valence-corrected chi connectivity index (χ1v) is 10.2. The topological polar surface area (TPSA) is 105 Å². The summed E-state index contributed by atoms with van der Waals surface area (Å²) in [6.07, 6.45) is -0.647. The molecule has 0 aromatic heterocycles. The van der Waals surface area contributed by atoms with Crippen molar-refractivity contribution < 1.29 is 38.4 Å². The molecule has 2 aromatic carbocycles. The molecule has 168 valence electrons. The number of methoxy groups -OCH3 is 3. The second-order valence-electron chi connectivity index (χ2n) is 7.60. The van der Waals surface area contributed by atoms with Crippen LogP contribution in [-0.4, -0.2) is 44.4 Å². The molecule has 0 saturated heterocycles. The smallest absolute Gasteiger partial charge is 0.308 e. The van der Waals surface area contributed by atoms with E-state index in [4.69, 9.17) is 40.1 Å². The van der Waals surface area contributed by atoms with Gasteiger partial charge in [-0.2, -0.15) is 0 Å². The van der Waals surface area contributed by atoms with Crippen molar-refractivity contribution in [3.63, 3.8) is 0 Å². The molecule has 5 rings (SSSR count). The van der Waals surface area contributed by atoms with Gasteiger partial charge in [0, 0.05) is 11.5 Å². The van der Waals surface area contributed by atoms with E-state index in [1.165, 1.54) is 21.3 Å². The number of ether oxygens (including phenoxy) is 5. The quantitative estimate of drug-likeness (QED) is 0.721. The van der Waals surface area contributed by atoms with Crippen LogP contribution in [-0.2, 0) is 9.63 Å². The van der Waals surface area contributed by atoms with Crippen molar-refractivity contribution in [2.24, 2.45) is 17.0 Å². The average molecular weight is 462 g/mol. The summed E-state index contributed by atoms with van der Waals surface area (Å²) in [6.45, 7) is 0.0850. The van der Waals surface area contributed by atoms with Gasteiger partial charge < -0.3 is 33.6 Å². The van der Waals surface area contributed by atoms with E-state index in [-0.39, 0.29) is 12.0 Å². The largest absolute Gasteiger partial charge is 0.493 e. The highest BCUT2D eigenvalue weighted by molar-refractivity contribution is 6.66. The zero-order chi connectivity index (χ0) is 22.6. The molecule has 0 saturated carbocycles. The highest BCUT2D eigenvalue weighted by Gasteiger charge is 2.53. The molecule has 0 fully saturated rings. The molecule has 32 heavy (non-hydrogen) atoms. The van der Waals surface area contributed by atoms with E-state index in [2.05, 4.69) is 5.16 Å². The first-order chi connectivity index (χ1) is 15.5. The Bertz CT molecular complexity index is 1110. The van der Waals surface area contributed by atoms with Crippen LogP contribution in [0, 0.1) is 11.8 Å². The number of carboxylic acids is 1. The van der Waals surface area contributed by atoms with Crippen molar-refractivity contribution in [3.8, 4) is 28.7 Å². The van der Waals surface area contributed by atoms with Gasteiger partial charge in [-0.15, -0.1) is 0 Å². The van der Waals surface area contributed by atoms with Crippen LogP contribution in [0.15, 0.2) is 29.4 Å². The van der Waals surface area contributed by atoms with E-state index < -0.39 is 29.8 Å². The highest BCUT2D eigenvalue weighted by Crippen LogP contribution is 2.56. The Morgan fingerprint density at radius 3 is 2.22 bits per heavy atom. The number of carbonyl (C=O) groups is 1. The number of hydrogen-bond donors (Lipinski definition) is 1. The van der Waals surface area contributed by atoms with Gasteiger partial charge in [-0.1, -0.05) is 16.8 Å². The van der Waals surface area contributed by atoms with Gasteiger partial charge in [0.15, 0.2) is 34.3 Å². The number of nitrogens with zero attached hydrogens (tertiary/aromatic N) is 1. The Hall–Kier alpha value is -3.33. The maximum absolute atomic E-state index is 12.6. The lowest BCUT2D eigenvalue weighted by atomic mass is 9.65. The van der Waals surface area contributed by atoms with Gasteiger partial charge in [0.2, 0.25) is 12.5 Å². The van der Waals surface area contributed by atoms with Crippen LogP contribution in [0.3, 0.4) is 0 Å². The van der Waals surface area contributed by atoms with Gasteiger partial charge in [0.05, 0.1) is 33.2 Å². The number of hydrogen-bond acceptors (Lipinski definition) is 8. The van der Waals surface area contributed by atoms with E-state index >= 15 is 0 Å². The minimum absolute atomic E-state index is 0.0850. The second-order valence-corrected chi connectivity index (χ2v) is 7.99.